The van der Waals surface area contributed by atoms with Crippen molar-refractivity contribution in [2.45, 2.75) is 50.4 Å². The van der Waals surface area contributed by atoms with E-state index in [9.17, 15) is 0 Å². The molecule has 0 spiro atoms. The van der Waals surface area contributed by atoms with Crippen LogP contribution in [0.4, 0.5) is 11.5 Å². The van der Waals surface area contributed by atoms with E-state index >= 15 is 0 Å². The number of hydrogen-bond acceptors (Lipinski definition) is 7. The van der Waals surface area contributed by atoms with Crippen LogP contribution < -0.4 is 15.4 Å². The standard InChI is InChI=1S/C21H25N5O2/c1-21(6-7-21)28-13-4-5-17(22)16(8-13)20(23)18-9-19(25-12-24-18)26-10-14-2-3-15(11-26)27-14/h4-5,8-9,12,14-15,23H,2-3,6-7,10-11,22H2,1H3. The lowest BCUT2D eigenvalue weighted by Crippen LogP contribution is -2.43. The molecule has 7 heteroatoms. The highest BCUT2D eigenvalue weighted by molar-refractivity contribution is 6.13. The minimum absolute atomic E-state index is 0.0760. The predicted octanol–water partition coefficient (Wildman–Crippen LogP) is 2.77. The van der Waals surface area contributed by atoms with Gasteiger partial charge in [0.15, 0.2) is 0 Å². The number of fused-ring (bicyclic) bond motifs is 2. The van der Waals surface area contributed by atoms with E-state index in [0.29, 0.717) is 16.9 Å². The number of morpholine rings is 1. The largest absolute Gasteiger partial charge is 0.488 e. The lowest BCUT2D eigenvalue weighted by molar-refractivity contribution is 0.0302. The van der Waals surface area contributed by atoms with Crippen molar-refractivity contribution < 1.29 is 9.47 Å². The Morgan fingerprint density at radius 2 is 1.96 bits per heavy atom. The second-order valence-electron chi connectivity index (χ2n) is 8.30. The molecular formula is C21H25N5O2. The summed E-state index contributed by atoms with van der Waals surface area (Å²) in [6, 6.07) is 7.39. The van der Waals surface area contributed by atoms with Crippen molar-refractivity contribution >= 4 is 17.2 Å². The molecule has 7 nitrogen and oxygen atoms in total. The van der Waals surface area contributed by atoms with E-state index in [2.05, 4.69) is 21.8 Å². The maximum absolute atomic E-state index is 8.69. The summed E-state index contributed by atoms with van der Waals surface area (Å²) in [5, 5.41) is 8.69. The van der Waals surface area contributed by atoms with Crippen LogP contribution in [-0.4, -0.2) is 46.6 Å². The van der Waals surface area contributed by atoms with Crippen LogP contribution in [-0.2, 0) is 4.74 Å². The van der Waals surface area contributed by atoms with Gasteiger partial charge in [0, 0.05) is 30.4 Å². The molecule has 3 heterocycles. The van der Waals surface area contributed by atoms with E-state index < -0.39 is 0 Å². The molecule has 146 valence electrons. The topological polar surface area (TPSA) is 97.4 Å². The molecule has 1 aromatic carbocycles. The molecule has 3 fully saturated rings. The van der Waals surface area contributed by atoms with E-state index in [1.165, 1.54) is 6.33 Å². The number of nitrogens with two attached hydrogens (primary N) is 1. The number of anilines is 2. The Morgan fingerprint density at radius 3 is 2.68 bits per heavy atom. The van der Waals surface area contributed by atoms with Crippen LogP contribution in [0.25, 0.3) is 0 Å². The number of rotatable bonds is 5. The summed E-state index contributed by atoms with van der Waals surface area (Å²) in [5.41, 5.74) is 8.11. The first-order valence-electron chi connectivity index (χ1n) is 9.89. The average molecular weight is 379 g/mol. The molecule has 1 aliphatic carbocycles. The normalized spacial score (nSPS) is 24.8. The van der Waals surface area contributed by atoms with Gasteiger partial charge in [-0.3, -0.25) is 5.41 Å². The fourth-order valence-electron chi connectivity index (χ4n) is 3.97. The van der Waals surface area contributed by atoms with Gasteiger partial charge in [0.05, 0.1) is 23.6 Å². The first kappa shape index (κ1) is 17.4. The summed E-state index contributed by atoms with van der Waals surface area (Å²) >= 11 is 0. The van der Waals surface area contributed by atoms with Crippen molar-refractivity contribution in [3.8, 4) is 5.75 Å². The van der Waals surface area contributed by atoms with E-state index in [-0.39, 0.29) is 23.5 Å². The van der Waals surface area contributed by atoms with Gasteiger partial charge in [-0.2, -0.15) is 0 Å². The zero-order valence-corrected chi connectivity index (χ0v) is 16.0. The summed E-state index contributed by atoms with van der Waals surface area (Å²) in [7, 11) is 0. The molecule has 0 amide bonds. The maximum atomic E-state index is 8.69. The van der Waals surface area contributed by atoms with Gasteiger partial charge >= 0.3 is 0 Å². The molecule has 2 bridgehead atoms. The second kappa shape index (κ2) is 6.44. The first-order chi connectivity index (χ1) is 13.5. The van der Waals surface area contributed by atoms with E-state index in [1.54, 1.807) is 6.07 Å². The Morgan fingerprint density at radius 1 is 1.21 bits per heavy atom. The van der Waals surface area contributed by atoms with E-state index in [1.807, 2.05) is 18.2 Å². The van der Waals surface area contributed by atoms with Crippen LogP contribution >= 0.6 is 0 Å². The Labute approximate surface area is 164 Å². The van der Waals surface area contributed by atoms with Crippen LogP contribution in [0, 0.1) is 5.41 Å². The molecule has 0 radical (unpaired) electrons. The number of benzene rings is 1. The van der Waals surface area contributed by atoms with Crippen molar-refractivity contribution in [1.29, 1.82) is 5.41 Å². The number of nitrogens with zero attached hydrogens (tertiary/aromatic N) is 3. The summed E-state index contributed by atoms with van der Waals surface area (Å²) in [6.07, 6.45) is 6.42. The van der Waals surface area contributed by atoms with Gasteiger partial charge in [0.25, 0.3) is 0 Å². The van der Waals surface area contributed by atoms with Gasteiger partial charge < -0.3 is 20.1 Å². The van der Waals surface area contributed by atoms with E-state index in [4.69, 9.17) is 20.6 Å². The minimum atomic E-state index is -0.0760. The SMILES string of the molecule is CC1(Oc2ccc(N)c(C(=N)c3cc(N4CC5CCC(C4)O5)ncn3)c2)CC1. The fourth-order valence-corrected chi connectivity index (χ4v) is 3.97. The summed E-state index contributed by atoms with van der Waals surface area (Å²) in [5.74, 6) is 1.58. The van der Waals surface area contributed by atoms with Gasteiger partial charge in [-0.1, -0.05) is 0 Å². The Balaban J connectivity index is 1.40. The van der Waals surface area contributed by atoms with Crippen LogP contribution in [0.15, 0.2) is 30.6 Å². The van der Waals surface area contributed by atoms with Gasteiger partial charge in [-0.15, -0.1) is 0 Å². The summed E-state index contributed by atoms with van der Waals surface area (Å²) < 4.78 is 11.9. The molecule has 3 N–H and O–H groups in total. The highest BCUT2D eigenvalue weighted by Gasteiger charge is 2.40. The second-order valence-corrected chi connectivity index (χ2v) is 8.30. The number of nitrogens with one attached hydrogen (secondary N) is 1. The quantitative estimate of drug-likeness (QED) is 0.612. The number of ether oxygens (including phenoxy) is 2. The third kappa shape index (κ3) is 3.30. The van der Waals surface area contributed by atoms with Gasteiger partial charge in [0.1, 0.15) is 23.5 Å². The first-order valence-corrected chi connectivity index (χ1v) is 9.89. The summed E-state index contributed by atoms with van der Waals surface area (Å²) in [4.78, 5) is 11.0. The van der Waals surface area contributed by atoms with Gasteiger partial charge in [0.2, 0.25) is 0 Å². The van der Waals surface area contributed by atoms with Crippen molar-refractivity contribution in [3.63, 3.8) is 0 Å². The van der Waals surface area contributed by atoms with Gasteiger partial charge in [-0.25, -0.2) is 9.97 Å². The van der Waals surface area contributed by atoms with Crippen molar-refractivity contribution in [2.24, 2.45) is 0 Å². The lowest BCUT2D eigenvalue weighted by atomic mass is 10.0. The number of aromatic nitrogens is 2. The molecule has 3 aliphatic rings. The van der Waals surface area contributed by atoms with Crippen molar-refractivity contribution in [3.05, 3.63) is 41.9 Å². The van der Waals surface area contributed by atoms with Crippen LogP contribution in [0.1, 0.15) is 43.9 Å². The molecule has 5 rings (SSSR count). The minimum Gasteiger partial charge on any atom is -0.488 e. The molecule has 2 aromatic rings. The monoisotopic (exact) mass is 379 g/mol. The highest BCUT2D eigenvalue weighted by atomic mass is 16.5. The molecule has 2 atom stereocenters. The Kier molecular flexibility index (Phi) is 4.01. The predicted molar refractivity (Wildman–Crippen MR) is 107 cm³/mol. The zero-order valence-electron chi connectivity index (χ0n) is 16.0. The van der Waals surface area contributed by atoms with Crippen molar-refractivity contribution in [1.82, 2.24) is 9.97 Å². The molecule has 1 saturated carbocycles. The molecular weight excluding hydrogens is 354 g/mol. The van der Waals surface area contributed by atoms with Crippen LogP contribution in [0.5, 0.6) is 5.75 Å². The highest BCUT2D eigenvalue weighted by Crippen LogP contribution is 2.40. The van der Waals surface area contributed by atoms with E-state index in [0.717, 1.165) is 50.3 Å². The Hall–Kier alpha value is -2.67. The lowest BCUT2D eigenvalue weighted by Gasteiger charge is -2.33. The van der Waals surface area contributed by atoms with Crippen LogP contribution in [0.2, 0.25) is 0 Å². The number of nitrogen functional groups attached to an aromatic ring is 1. The number of hydrogen-bond donors (Lipinski definition) is 2. The third-order valence-electron chi connectivity index (χ3n) is 5.89. The zero-order chi connectivity index (χ0) is 19.3. The Bertz CT molecular complexity index is 915. The maximum Gasteiger partial charge on any atom is 0.132 e. The van der Waals surface area contributed by atoms with Crippen LogP contribution in [0.3, 0.4) is 0 Å². The smallest absolute Gasteiger partial charge is 0.132 e. The summed E-state index contributed by atoms with van der Waals surface area (Å²) in [6.45, 7) is 3.77. The molecule has 28 heavy (non-hydrogen) atoms. The fraction of sp³-hybridized carbons (Fsp3) is 0.476. The van der Waals surface area contributed by atoms with Gasteiger partial charge in [-0.05, 0) is 50.8 Å². The molecule has 2 saturated heterocycles. The third-order valence-corrected chi connectivity index (χ3v) is 5.89. The average Bonchev–Trinajstić information content (AvgIpc) is 3.34. The van der Waals surface area contributed by atoms with Crippen molar-refractivity contribution in [2.75, 3.05) is 23.7 Å². The molecule has 2 aliphatic heterocycles. The molecule has 2 unspecified atom stereocenters. The molecule has 1 aromatic heterocycles.